The summed E-state index contributed by atoms with van der Waals surface area (Å²) in [6.07, 6.45) is 4.07. The summed E-state index contributed by atoms with van der Waals surface area (Å²) >= 11 is 0. The molecule has 4 heteroatoms. The van der Waals surface area contributed by atoms with Crippen LogP contribution in [0.1, 0.15) is 24.8 Å². The molecule has 1 aromatic rings. The maximum Gasteiger partial charge on any atom is 0.227 e. The van der Waals surface area contributed by atoms with E-state index in [-0.39, 0.29) is 11.8 Å². The molecule has 3 N–H and O–H groups in total. The molecule has 0 radical (unpaired) electrons. The molecule has 0 bridgehead atoms. The lowest BCUT2D eigenvalue weighted by Crippen LogP contribution is -2.29. The summed E-state index contributed by atoms with van der Waals surface area (Å²) in [6.45, 7) is 1.35. The highest BCUT2D eigenvalue weighted by Crippen LogP contribution is 2.33. The Labute approximate surface area is 113 Å². The fourth-order valence-corrected chi connectivity index (χ4v) is 3.16. The SMILES string of the molecule is NC[C@H]1CCC[C@H]1C(=O)Nc1ccc2c(c1)CCO2. The summed E-state index contributed by atoms with van der Waals surface area (Å²) in [6, 6.07) is 5.87. The van der Waals surface area contributed by atoms with E-state index in [4.69, 9.17) is 10.5 Å². The standard InChI is InChI=1S/C15H20N2O2/c16-9-11-2-1-3-13(11)15(18)17-12-4-5-14-10(8-12)6-7-19-14/h4-5,8,11,13H,1-3,6-7,9,16H2,(H,17,18)/t11-,13-/m1/s1. The Morgan fingerprint density at radius 2 is 2.32 bits per heavy atom. The zero-order chi connectivity index (χ0) is 13.2. The maximum absolute atomic E-state index is 12.3. The highest BCUT2D eigenvalue weighted by molar-refractivity contribution is 5.93. The molecule has 102 valence electrons. The van der Waals surface area contributed by atoms with Gasteiger partial charge in [-0.15, -0.1) is 0 Å². The molecule has 0 spiro atoms. The number of hydrogen-bond acceptors (Lipinski definition) is 3. The summed E-state index contributed by atoms with van der Waals surface area (Å²) in [7, 11) is 0. The van der Waals surface area contributed by atoms with Crippen LogP contribution in [-0.2, 0) is 11.2 Å². The van der Waals surface area contributed by atoms with Crippen LogP contribution >= 0.6 is 0 Å². The zero-order valence-electron chi connectivity index (χ0n) is 11.0. The van der Waals surface area contributed by atoms with E-state index >= 15 is 0 Å². The molecular weight excluding hydrogens is 240 g/mol. The van der Waals surface area contributed by atoms with Crippen molar-refractivity contribution < 1.29 is 9.53 Å². The van der Waals surface area contributed by atoms with Crippen molar-refractivity contribution in [3.05, 3.63) is 23.8 Å². The Morgan fingerprint density at radius 1 is 1.42 bits per heavy atom. The molecule has 1 saturated carbocycles. The van der Waals surface area contributed by atoms with Crippen LogP contribution in [0.25, 0.3) is 0 Å². The van der Waals surface area contributed by atoms with Crippen molar-refractivity contribution >= 4 is 11.6 Å². The van der Waals surface area contributed by atoms with Crippen molar-refractivity contribution in [2.45, 2.75) is 25.7 Å². The van der Waals surface area contributed by atoms with Crippen molar-refractivity contribution in [1.82, 2.24) is 0 Å². The molecule has 0 aromatic heterocycles. The Hall–Kier alpha value is -1.55. The number of rotatable bonds is 3. The minimum atomic E-state index is 0.0782. The number of fused-ring (bicyclic) bond motifs is 1. The first-order valence-corrected chi connectivity index (χ1v) is 7.04. The van der Waals surface area contributed by atoms with Crippen LogP contribution in [0.4, 0.5) is 5.69 Å². The second kappa shape index (κ2) is 5.21. The lowest BCUT2D eigenvalue weighted by Gasteiger charge is -2.17. The first-order valence-electron chi connectivity index (χ1n) is 7.04. The third-order valence-electron chi connectivity index (χ3n) is 4.26. The number of carbonyl (C=O) groups excluding carboxylic acids is 1. The van der Waals surface area contributed by atoms with Crippen molar-refractivity contribution in [2.24, 2.45) is 17.6 Å². The molecule has 0 saturated heterocycles. The molecule has 19 heavy (non-hydrogen) atoms. The largest absolute Gasteiger partial charge is 0.493 e. The van der Waals surface area contributed by atoms with Crippen LogP contribution < -0.4 is 15.8 Å². The molecule has 3 rings (SSSR count). The van der Waals surface area contributed by atoms with Gasteiger partial charge in [-0.2, -0.15) is 0 Å². The van der Waals surface area contributed by atoms with Gasteiger partial charge in [0.1, 0.15) is 5.75 Å². The minimum absolute atomic E-state index is 0.0782. The van der Waals surface area contributed by atoms with Gasteiger partial charge < -0.3 is 15.8 Å². The number of benzene rings is 1. The van der Waals surface area contributed by atoms with Crippen molar-refractivity contribution in [3.63, 3.8) is 0 Å². The number of nitrogens with one attached hydrogen (secondary N) is 1. The minimum Gasteiger partial charge on any atom is -0.493 e. The first kappa shape index (κ1) is 12.5. The second-order valence-electron chi connectivity index (χ2n) is 5.44. The van der Waals surface area contributed by atoms with Gasteiger partial charge in [0.2, 0.25) is 5.91 Å². The Bertz CT molecular complexity index is 487. The molecule has 2 aliphatic rings. The normalized spacial score (nSPS) is 24.9. The molecule has 0 unspecified atom stereocenters. The van der Waals surface area contributed by atoms with Gasteiger partial charge in [0.05, 0.1) is 6.61 Å². The number of anilines is 1. The molecule has 1 aromatic carbocycles. The van der Waals surface area contributed by atoms with E-state index in [0.29, 0.717) is 12.5 Å². The van der Waals surface area contributed by atoms with Crippen LogP contribution in [0.5, 0.6) is 5.75 Å². The maximum atomic E-state index is 12.3. The topological polar surface area (TPSA) is 64.4 Å². The molecule has 1 heterocycles. The van der Waals surface area contributed by atoms with Gasteiger partial charge in [0, 0.05) is 18.0 Å². The highest BCUT2D eigenvalue weighted by Gasteiger charge is 2.32. The molecule has 1 aliphatic heterocycles. The van der Waals surface area contributed by atoms with Crippen LogP contribution in [0.15, 0.2) is 18.2 Å². The predicted molar refractivity (Wildman–Crippen MR) is 74.2 cm³/mol. The number of nitrogens with two attached hydrogens (primary N) is 1. The van der Waals surface area contributed by atoms with Crippen molar-refractivity contribution in [1.29, 1.82) is 0 Å². The van der Waals surface area contributed by atoms with Crippen molar-refractivity contribution in [3.8, 4) is 5.75 Å². The lowest BCUT2D eigenvalue weighted by atomic mass is 9.95. The monoisotopic (exact) mass is 260 g/mol. The predicted octanol–water partition coefficient (Wildman–Crippen LogP) is 1.93. The molecule has 1 aliphatic carbocycles. The average Bonchev–Trinajstić information content (AvgIpc) is 3.06. The van der Waals surface area contributed by atoms with E-state index in [0.717, 1.165) is 43.7 Å². The number of hydrogen-bond donors (Lipinski definition) is 2. The van der Waals surface area contributed by atoms with Gasteiger partial charge in [-0.05, 0) is 49.1 Å². The fourth-order valence-electron chi connectivity index (χ4n) is 3.16. The lowest BCUT2D eigenvalue weighted by molar-refractivity contribution is -0.120. The van der Waals surface area contributed by atoms with Crippen LogP contribution in [-0.4, -0.2) is 19.1 Å². The van der Waals surface area contributed by atoms with E-state index in [2.05, 4.69) is 5.32 Å². The summed E-state index contributed by atoms with van der Waals surface area (Å²) in [5.74, 6) is 1.48. The van der Waals surface area contributed by atoms with E-state index in [1.165, 1.54) is 5.56 Å². The third kappa shape index (κ3) is 2.45. The van der Waals surface area contributed by atoms with Gasteiger partial charge in [-0.25, -0.2) is 0 Å². The summed E-state index contributed by atoms with van der Waals surface area (Å²) in [5.41, 5.74) is 7.78. The second-order valence-corrected chi connectivity index (χ2v) is 5.44. The summed E-state index contributed by atoms with van der Waals surface area (Å²) in [5, 5.41) is 3.03. The van der Waals surface area contributed by atoms with Gasteiger partial charge in [-0.3, -0.25) is 4.79 Å². The van der Waals surface area contributed by atoms with Gasteiger partial charge in [0.25, 0.3) is 0 Å². The van der Waals surface area contributed by atoms with E-state index in [1.54, 1.807) is 0 Å². The summed E-state index contributed by atoms with van der Waals surface area (Å²) < 4.78 is 5.46. The van der Waals surface area contributed by atoms with E-state index < -0.39 is 0 Å². The number of amides is 1. The zero-order valence-corrected chi connectivity index (χ0v) is 11.0. The highest BCUT2D eigenvalue weighted by atomic mass is 16.5. The molecule has 2 atom stereocenters. The Balaban J connectivity index is 1.69. The smallest absolute Gasteiger partial charge is 0.227 e. The van der Waals surface area contributed by atoms with Crippen LogP contribution in [0.2, 0.25) is 0 Å². The molecule has 1 fully saturated rings. The van der Waals surface area contributed by atoms with E-state index in [1.807, 2.05) is 18.2 Å². The molecule has 1 amide bonds. The summed E-state index contributed by atoms with van der Waals surface area (Å²) in [4.78, 5) is 12.3. The quantitative estimate of drug-likeness (QED) is 0.873. The molecule has 4 nitrogen and oxygen atoms in total. The number of ether oxygens (including phenoxy) is 1. The van der Waals surface area contributed by atoms with Crippen LogP contribution in [0.3, 0.4) is 0 Å². The van der Waals surface area contributed by atoms with Gasteiger partial charge >= 0.3 is 0 Å². The third-order valence-corrected chi connectivity index (χ3v) is 4.26. The van der Waals surface area contributed by atoms with Crippen molar-refractivity contribution in [2.75, 3.05) is 18.5 Å². The Kier molecular flexibility index (Phi) is 3.42. The molecular formula is C15H20N2O2. The average molecular weight is 260 g/mol. The fraction of sp³-hybridized carbons (Fsp3) is 0.533. The first-order chi connectivity index (χ1) is 9.28. The van der Waals surface area contributed by atoms with Crippen LogP contribution in [0, 0.1) is 11.8 Å². The number of carbonyl (C=O) groups is 1. The Morgan fingerprint density at radius 3 is 3.16 bits per heavy atom. The van der Waals surface area contributed by atoms with E-state index in [9.17, 15) is 4.79 Å². The van der Waals surface area contributed by atoms with Gasteiger partial charge in [-0.1, -0.05) is 6.42 Å². The van der Waals surface area contributed by atoms with Gasteiger partial charge in [0.15, 0.2) is 0 Å².